The summed E-state index contributed by atoms with van der Waals surface area (Å²) in [7, 11) is 1.88. The monoisotopic (exact) mass is 167 g/mol. The van der Waals surface area contributed by atoms with Gasteiger partial charge in [-0.25, -0.2) is 0 Å². The Morgan fingerprint density at radius 2 is 2.25 bits per heavy atom. The van der Waals surface area contributed by atoms with E-state index in [9.17, 15) is 5.11 Å². The smallest absolute Gasteiger partial charge is 0.0771 e. The zero-order valence-electron chi connectivity index (χ0n) is 7.96. The second-order valence-corrected chi connectivity index (χ2v) is 3.27. The van der Waals surface area contributed by atoms with Crippen LogP contribution in [0.2, 0.25) is 0 Å². The molecule has 0 saturated heterocycles. The number of aliphatic hydroxyl groups is 1. The summed E-state index contributed by atoms with van der Waals surface area (Å²) in [6, 6.07) is 0.126. The molecule has 2 unspecified atom stereocenters. The molecule has 0 radical (unpaired) electrons. The first-order valence-corrected chi connectivity index (χ1v) is 4.38. The van der Waals surface area contributed by atoms with Crippen molar-refractivity contribution in [3.63, 3.8) is 0 Å². The van der Waals surface area contributed by atoms with Crippen molar-refractivity contribution < 1.29 is 5.11 Å². The van der Waals surface area contributed by atoms with E-state index in [1.54, 1.807) is 0 Å². The Bertz CT molecular complexity index is 218. The van der Waals surface area contributed by atoms with Gasteiger partial charge in [-0.15, -0.1) is 0 Å². The van der Waals surface area contributed by atoms with Crippen LogP contribution in [-0.2, 0) is 0 Å². The highest BCUT2D eigenvalue weighted by Crippen LogP contribution is 2.27. The van der Waals surface area contributed by atoms with Gasteiger partial charge in [0.15, 0.2) is 0 Å². The van der Waals surface area contributed by atoms with Crippen LogP contribution in [0.5, 0.6) is 0 Å². The fourth-order valence-corrected chi connectivity index (χ4v) is 1.80. The summed E-state index contributed by atoms with van der Waals surface area (Å²) in [5, 5.41) is 12.7. The standard InChI is InChI=1S/C10H17NO/c1-4-5-8-7(2)6-9(12)10(8)11-3/h4-5,9-12H,6H2,1-3H3/b5-4-. The molecule has 68 valence electrons. The fraction of sp³-hybridized carbons (Fsp3) is 0.600. The number of hydrogen-bond acceptors (Lipinski definition) is 2. The first-order valence-electron chi connectivity index (χ1n) is 4.38. The van der Waals surface area contributed by atoms with Gasteiger partial charge in [-0.3, -0.25) is 0 Å². The van der Waals surface area contributed by atoms with E-state index in [1.165, 1.54) is 11.1 Å². The van der Waals surface area contributed by atoms with Crippen LogP contribution in [0.25, 0.3) is 0 Å². The molecule has 0 aliphatic heterocycles. The van der Waals surface area contributed by atoms with Gasteiger partial charge in [0.2, 0.25) is 0 Å². The number of hydrogen-bond donors (Lipinski definition) is 2. The van der Waals surface area contributed by atoms with Crippen LogP contribution in [0.15, 0.2) is 23.3 Å². The van der Waals surface area contributed by atoms with Crippen molar-refractivity contribution in [1.29, 1.82) is 0 Å². The summed E-state index contributed by atoms with van der Waals surface area (Å²) in [6.07, 6.45) is 4.64. The van der Waals surface area contributed by atoms with Crippen LogP contribution < -0.4 is 5.32 Å². The molecule has 1 aliphatic rings. The Morgan fingerprint density at radius 3 is 2.75 bits per heavy atom. The summed E-state index contributed by atoms with van der Waals surface area (Å²) in [6.45, 7) is 4.08. The molecular weight excluding hydrogens is 150 g/mol. The number of aliphatic hydroxyl groups excluding tert-OH is 1. The van der Waals surface area contributed by atoms with E-state index in [0.717, 1.165) is 6.42 Å². The van der Waals surface area contributed by atoms with Crippen LogP contribution in [0.1, 0.15) is 20.3 Å². The lowest BCUT2D eigenvalue weighted by molar-refractivity contribution is 0.158. The van der Waals surface area contributed by atoms with Gasteiger partial charge >= 0.3 is 0 Å². The van der Waals surface area contributed by atoms with Gasteiger partial charge in [-0.2, -0.15) is 0 Å². The number of nitrogens with one attached hydrogen (secondary N) is 1. The highest BCUT2D eigenvalue weighted by molar-refractivity contribution is 5.36. The third-order valence-electron chi connectivity index (χ3n) is 2.39. The summed E-state index contributed by atoms with van der Waals surface area (Å²) in [4.78, 5) is 0. The van der Waals surface area contributed by atoms with Crippen molar-refractivity contribution in [2.45, 2.75) is 32.4 Å². The first kappa shape index (κ1) is 9.49. The first-order chi connectivity index (χ1) is 5.70. The molecule has 12 heavy (non-hydrogen) atoms. The summed E-state index contributed by atoms with van der Waals surface area (Å²) in [5.74, 6) is 0. The van der Waals surface area contributed by atoms with Crippen LogP contribution >= 0.6 is 0 Å². The highest BCUT2D eigenvalue weighted by Gasteiger charge is 2.28. The van der Waals surface area contributed by atoms with Gasteiger partial charge in [0.1, 0.15) is 0 Å². The minimum absolute atomic E-state index is 0.126. The molecule has 0 spiro atoms. The third-order valence-corrected chi connectivity index (χ3v) is 2.39. The number of rotatable bonds is 2. The molecule has 0 aromatic heterocycles. The van der Waals surface area contributed by atoms with Crippen LogP contribution in [0, 0.1) is 0 Å². The molecule has 0 saturated carbocycles. The maximum atomic E-state index is 9.62. The van der Waals surface area contributed by atoms with Crippen LogP contribution in [0.3, 0.4) is 0 Å². The number of likely N-dealkylation sites (N-methyl/N-ethyl adjacent to an activating group) is 1. The quantitative estimate of drug-likeness (QED) is 0.648. The molecule has 0 fully saturated rings. The van der Waals surface area contributed by atoms with E-state index in [4.69, 9.17) is 0 Å². The largest absolute Gasteiger partial charge is 0.391 e. The normalized spacial score (nSPS) is 30.7. The topological polar surface area (TPSA) is 32.3 Å². The van der Waals surface area contributed by atoms with E-state index in [-0.39, 0.29) is 12.1 Å². The SMILES string of the molecule is C/C=C\C1=C(C)CC(O)C1NC. The molecule has 2 N–H and O–H groups in total. The molecule has 1 aliphatic carbocycles. The molecule has 0 amide bonds. The molecule has 0 aromatic rings. The van der Waals surface area contributed by atoms with Crippen molar-refractivity contribution in [3.8, 4) is 0 Å². The highest BCUT2D eigenvalue weighted by atomic mass is 16.3. The zero-order valence-corrected chi connectivity index (χ0v) is 7.96. The van der Waals surface area contributed by atoms with E-state index < -0.39 is 0 Å². The van der Waals surface area contributed by atoms with Crippen molar-refractivity contribution in [3.05, 3.63) is 23.3 Å². The van der Waals surface area contributed by atoms with E-state index in [0.29, 0.717) is 0 Å². The van der Waals surface area contributed by atoms with Gasteiger partial charge in [-0.05, 0) is 32.9 Å². The molecule has 0 bridgehead atoms. The van der Waals surface area contributed by atoms with Gasteiger partial charge in [0, 0.05) is 0 Å². The van der Waals surface area contributed by atoms with Gasteiger partial charge in [0.05, 0.1) is 12.1 Å². The van der Waals surface area contributed by atoms with Crippen molar-refractivity contribution >= 4 is 0 Å². The lowest BCUT2D eigenvalue weighted by Crippen LogP contribution is -2.34. The van der Waals surface area contributed by atoms with E-state index in [1.807, 2.05) is 20.0 Å². The Hall–Kier alpha value is -0.600. The minimum atomic E-state index is -0.249. The van der Waals surface area contributed by atoms with Crippen molar-refractivity contribution in [2.75, 3.05) is 7.05 Å². The molecule has 2 nitrogen and oxygen atoms in total. The maximum absolute atomic E-state index is 9.62. The Balaban J connectivity index is 2.84. The minimum Gasteiger partial charge on any atom is -0.391 e. The lowest BCUT2D eigenvalue weighted by Gasteiger charge is -2.15. The molecular formula is C10H17NO. The number of allylic oxidation sites excluding steroid dienone is 1. The zero-order chi connectivity index (χ0) is 9.14. The summed E-state index contributed by atoms with van der Waals surface area (Å²) in [5.41, 5.74) is 2.53. The van der Waals surface area contributed by atoms with Crippen molar-refractivity contribution in [1.82, 2.24) is 5.32 Å². The summed E-state index contributed by atoms with van der Waals surface area (Å²) < 4.78 is 0. The predicted molar refractivity (Wildman–Crippen MR) is 51.0 cm³/mol. The Labute approximate surface area is 74.0 Å². The van der Waals surface area contributed by atoms with Gasteiger partial charge < -0.3 is 10.4 Å². The second-order valence-electron chi connectivity index (χ2n) is 3.27. The average Bonchev–Trinajstić information content (AvgIpc) is 2.28. The molecule has 0 heterocycles. The average molecular weight is 167 g/mol. The van der Waals surface area contributed by atoms with Crippen molar-refractivity contribution in [2.24, 2.45) is 0 Å². The van der Waals surface area contributed by atoms with Gasteiger partial charge in [0.25, 0.3) is 0 Å². The Kier molecular flexibility index (Phi) is 3.06. The Morgan fingerprint density at radius 1 is 1.58 bits per heavy atom. The molecule has 2 heteroatoms. The molecule has 2 atom stereocenters. The summed E-state index contributed by atoms with van der Waals surface area (Å²) >= 11 is 0. The van der Waals surface area contributed by atoms with E-state index >= 15 is 0 Å². The van der Waals surface area contributed by atoms with Crippen LogP contribution in [0.4, 0.5) is 0 Å². The predicted octanol–water partition coefficient (Wildman–Crippen LogP) is 1.23. The van der Waals surface area contributed by atoms with Crippen LogP contribution in [-0.4, -0.2) is 24.3 Å². The molecule has 0 aromatic carbocycles. The molecule has 1 rings (SSSR count). The fourth-order valence-electron chi connectivity index (χ4n) is 1.80. The maximum Gasteiger partial charge on any atom is 0.0771 e. The van der Waals surface area contributed by atoms with E-state index in [2.05, 4.69) is 18.3 Å². The third kappa shape index (κ3) is 1.59. The van der Waals surface area contributed by atoms with Gasteiger partial charge in [-0.1, -0.05) is 17.7 Å². The lowest BCUT2D eigenvalue weighted by atomic mass is 10.1. The second kappa shape index (κ2) is 3.87.